The molecule has 1 aromatic carbocycles. The summed E-state index contributed by atoms with van der Waals surface area (Å²) in [6, 6.07) is 12.4. The van der Waals surface area contributed by atoms with Crippen LogP contribution in [-0.4, -0.2) is 36.4 Å². The molecule has 0 bridgehead atoms. The van der Waals surface area contributed by atoms with Gasteiger partial charge in [0.05, 0.1) is 29.2 Å². The number of H-pyrrole nitrogens is 1. The lowest BCUT2D eigenvalue weighted by Gasteiger charge is -2.13. The standard InChI is InChI=1S/C19H18N6O2.ClH/c1-12(10-26)25-11-21-24-19(25)15-6-3-7-17(23-15)22-14-5-2-4-13-18(14)16(27)8-9-20-13;/h2-9,11-12,26H,10H2,1H3,(H,20,27)(H,22,23);1H. The van der Waals surface area contributed by atoms with E-state index in [0.717, 1.165) is 5.52 Å². The average molecular weight is 399 g/mol. The van der Waals surface area contributed by atoms with Crippen LogP contribution in [0.3, 0.4) is 0 Å². The lowest BCUT2D eigenvalue weighted by Crippen LogP contribution is -2.10. The molecular weight excluding hydrogens is 380 g/mol. The summed E-state index contributed by atoms with van der Waals surface area (Å²) in [4.78, 5) is 19.9. The number of fused-ring (bicyclic) bond motifs is 1. The molecule has 28 heavy (non-hydrogen) atoms. The second kappa shape index (κ2) is 8.20. The number of aliphatic hydroxyl groups excluding tert-OH is 1. The summed E-state index contributed by atoms with van der Waals surface area (Å²) in [6.45, 7) is 1.85. The van der Waals surface area contributed by atoms with Gasteiger partial charge in [-0.15, -0.1) is 22.6 Å². The molecule has 1 unspecified atom stereocenters. The molecule has 0 fully saturated rings. The van der Waals surface area contributed by atoms with Crippen LogP contribution in [0, 0.1) is 0 Å². The monoisotopic (exact) mass is 398 g/mol. The molecule has 0 aliphatic carbocycles. The fourth-order valence-corrected chi connectivity index (χ4v) is 2.94. The first-order chi connectivity index (χ1) is 13.2. The number of hydrogen-bond acceptors (Lipinski definition) is 6. The van der Waals surface area contributed by atoms with E-state index in [1.165, 1.54) is 6.07 Å². The first kappa shape index (κ1) is 19.5. The molecule has 3 heterocycles. The van der Waals surface area contributed by atoms with E-state index in [1.54, 1.807) is 17.1 Å². The molecular formula is C19H19ClN6O2. The van der Waals surface area contributed by atoms with Crippen LogP contribution in [0.25, 0.3) is 22.4 Å². The van der Waals surface area contributed by atoms with Crippen LogP contribution < -0.4 is 10.7 Å². The Labute approximate surface area is 166 Å². The summed E-state index contributed by atoms with van der Waals surface area (Å²) < 4.78 is 1.77. The van der Waals surface area contributed by atoms with Crippen molar-refractivity contribution in [2.75, 3.05) is 11.9 Å². The third-order valence-electron chi connectivity index (χ3n) is 4.34. The Morgan fingerprint density at radius 2 is 2.04 bits per heavy atom. The van der Waals surface area contributed by atoms with Gasteiger partial charge in [0.2, 0.25) is 0 Å². The molecule has 0 saturated carbocycles. The van der Waals surface area contributed by atoms with E-state index in [4.69, 9.17) is 0 Å². The van der Waals surface area contributed by atoms with Gasteiger partial charge in [-0.05, 0) is 31.2 Å². The number of anilines is 2. The predicted molar refractivity (Wildman–Crippen MR) is 110 cm³/mol. The van der Waals surface area contributed by atoms with Crippen LogP contribution >= 0.6 is 12.4 Å². The number of nitrogens with one attached hydrogen (secondary N) is 2. The molecule has 4 aromatic rings. The third kappa shape index (κ3) is 3.60. The molecule has 0 aliphatic heterocycles. The molecule has 8 nitrogen and oxygen atoms in total. The SMILES string of the molecule is CC(CO)n1cnnc1-c1cccc(Nc2cccc3[nH]ccc(=O)c23)n1.Cl. The van der Waals surface area contributed by atoms with Crippen molar-refractivity contribution in [1.82, 2.24) is 24.7 Å². The zero-order chi connectivity index (χ0) is 18.8. The summed E-state index contributed by atoms with van der Waals surface area (Å²) in [5.41, 5.74) is 1.97. The van der Waals surface area contributed by atoms with Gasteiger partial charge >= 0.3 is 0 Å². The Hall–Kier alpha value is -3.23. The van der Waals surface area contributed by atoms with Crippen molar-refractivity contribution in [2.45, 2.75) is 13.0 Å². The van der Waals surface area contributed by atoms with Crippen LogP contribution in [-0.2, 0) is 0 Å². The van der Waals surface area contributed by atoms with Crippen LogP contribution in [0.2, 0.25) is 0 Å². The van der Waals surface area contributed by atoms with E-state index in [0.29, 0.717) is 28.4 Å². The van der Waals surface area contributed by atoms with Gasteiger partial charge in [0, 0.05) is 12.3 Å². The van der Waals surface area contributed by atoms with E-state index >= 15 is 0 Å². The number of aromatic nitrogens is 5. The Kier molecular flexibility index (Phi) is 5.72. The second-order valence-corrected chi connectivity index (χ2v) is 6.20. The van der Waals surface area contributed by atoms with Gasteiger partial charge in [-0.3, -0.25) is 4.79 Å². The summed E-state index contributed by atoms with van der Waals surface area (Å²) in [6.07, 6.45) is 3.20. The molecule has 4 rings (SSSR count). The predicted octanol–water partition coefficient (Wildman–Crippen LogP) is 2.90. The highest BCUT2D eigenvalue weighted by Crippen LogP contribution is 2.24. The number of nitrogens with zero attached hydrogens (tertiary/aromatic N) is 4. The second-order valence-electron chi connectivity index (χ2n) is 6.20. The quantitative estimate of drug-likeness (QED) is 0.477. The van der Waals surface area contributed by atoms with Gasteiger partial charge in [-0.2, -0.15) is 0 Å². The third-order valence-corrected chi connectivity index (χ3v) is 4.34. The Balaban J connectivity index is 0.00000225. The number of rotatable bonds is 5. The number of halogens is 1. The van der Waals surface area contributed by atoms with E-state index in [9.17, 15) is 9.90 Å². The fraction of sp³-hybridized carbons (Fsp3) is 0.158. The van der Waals surface area contributed by atoms with Crippen molar-refractivity contribution < 1.29 is 5.11 Å². The molecule has 0 aliphatic rings. The molecule has 0 amide bonds. The van der Waals surface area contributed by atoms with Crippen molar-refractivity contribution in [2.24, 2.45) is 0 Å². The molecule has 0 radical (unpaired) electrons. The normalized spacial score (nSPS) is 11.8. The molecule has 0 spiro atoms. The molecule has 0 saturated heterocycles. The topological polar surface area (TPSA) is 109 Å². The maximum absolute atomic E-state index is 12.3. The minimum atomic E-state index is -0.162. The number of hydrogen-bond donors (Lipinski definition) is 3. The van der Waals surface area contributed by atoms with E-state index < -0.39 is 0 Å². The van der Waals surface area contributed by atoms with Crippen molar-refractivity contribution in [3.8, 4) is 11.5 Å². The average Bonchev–Trinajstić information content (AvgIpc) is 3.18. The minimum Gasteiger partial charge on any atom is -0.394 e. The highest BCUT2D eigenvalue weighted by atomic mass is 35.5. The first-order valence-corrected chi connectivity index (χ1v) is 8.52. The lowest BCUT2D eigenvalue weighted by molar-refractivity contribution is 0.239. The summed E-state index contributed by atoms with van der Waals surface area (Å²) in [5, 5.41) is 21.3. The Morgan fingerprint density at radius 1 is 1.21 bits per heavy atom. The largest absolute Gasteiger partial charge is 0.394 e. The highest BCUT2D eigenvalue weighted by Gasteiger charge is 2.14. The molecule has 144 valence electrons. The molecule has 3 aromatic heterocycles. The molecule has 1 atom stereocenters. The van der Waals surface area contributed by atoms with Crippen LogP contribution in [0.5, 0.6) is 0 Å². The Bertz CT molecular complexity index is 1150. The maximum atomic E-state index is 12.3. The maximum Gasteiger partial charge on any atom is 0.191 e. The number of benzene rings is 1. The smallest absolute Gasteiger partial charge is 0.191 e. The molecule has 9 heteroatoms. The van der Waals surface area contributed by atoms with Crippen LogP contribution in [0.4, 0.5) is 11.5 Å². The van der Waals surface area contributed by atoms with Crippen molar-refractivity contribution in [3.05, 3.63) is 65.2 Å². The van der Waals surface area contributed by atoms with Gasteiger partial charge in [0.15, 0.2) is 11.3 Å². The first-order valence-electron chi connectivity index (χ1n) is 8.52. The van der Waals surface area contributed by atoms with E-state index in [1.807, 2.05) is 43.3 Å². The van der Waals surface area contributed by atoms with Crippen molar-refractivity contribution in [1.29, 1.82) is 0 Å². The van der Waals surface area contributed by atoms with Gasteiger partial charge in [0.25, 0.3) is 0 Å². The van der Waals surface area contributed by atoms with Gasteiger partial charge in [0.1, 0.15) is 17.8 Å². The van der Waals surface area contributed by atoms with Crippen LogP contribution in [0.15, 0.2) is 59.8 Å². The van der Waals surface area contributed by atoms with Gasteiger partial charge in [-0.1, -0.05) is 12.1 Å². The fourth-order valence-electron chi connectivity index (χ4n) is 2.94. The summed E-state index contributed by atoms with van der Waals surface area (Å²) in [7, 11) is 0. The number of pyridine rings is 2. The summed E-state index contributed by atoms with van der Waals surface area (Å²) >= 11 is 0. The zero-order valence-corrected chi connectivity index (χ0v) is 15.8. The van der Waals surface area contributed by atoms with E-state index in [2.05, 4.69) is 25.5 Å². The molecule has 3 N–H and O–H groups in total. The lowest BCUT2D eigenvalue weighted by atomic mass is 10.1. The van der Waals surface area contributed by atoms with Crippen molar-refractivity contribution in [3.63, 3.8) is 0 Å². The minimum absolute atomic E-state index is 0. The number of aromatic amines is 1. The number of aliphatic hydroxyl groups is 1. The van der Waals surface area contributed by atoms with Crippen LogP contribution in [0.1, 0.15) is 13.0 Å². The zero-order valence-electron chi connectivity index (χ0n) is 15.0. The summed E-state index contributed by atoms with van der Waals surface area (Å²) in [5.74, 6) is 1.14. The van der Waals surface area contributed by atoms with Crippen molar-refractivity contribution >= 4 is 34.8 Å². The Morgan fingerprint density at radius 3 is 2.86 bits per heavy atom. The van der Waals surface area contributed by atoms with Gasteiger partial charge < -0.3 is 20.0 Å². The highest BCUT2D eigenvalue weighted by molar-refractivity contribution is 5.92. The van der Waals surface area contributed by atoms with E-state index in [-0.39, 0.29) is 30.5 Å². The van der Waals surface area contributed by atoms with Gasteiger partial charge in [-0.25, -0.2) is 4.98 Å².